The molecule has 4 heteroatoms. The average Bonchev–Trinajstić information content (AvgIpc) is 2.59. The van der Waals surface area contributed by atoms with Gasteiger partial charge in [0.1, 0.15) is 0 Å². The first-order chi connectivity index (χ1) is 11.2. The second-order valence-electron chi connectivity index (χ2n) is 6.25. The van der Waals surface area contributed by atoms with E-state index in [9.17, 15) is 0 Å². The number of piperidine rings is 1. The maximum absolute atomic E-state index is 6.25. The summed E-state index contributed by atoms with van der Waals surface area (Å²) < 4.78 is 0. The number of rotatable bonds is 5. The maximum Gasteiger partial charge on any atom is 0.0455 e. The zero-order valence-corrected chi connectivity index (χ0v) is 14.4. The molecule has 0 saturated carbocycles. The lowest BCUT2D eigenvalue weighted by Crippen LogP contribution is -2.43. The summed E-state index contributed by atoms with van der Waals surface area (Å²) in [6.45, 7) is 5.26. The van der Waals surface area contributed by atoms with Crippen molar-refractivity contribution in [1.29, 1.82) is 0 Å². The monoisotopic (exact) mass is 329 g/mol. The zero-order chi connectivity index (χ0) is 16.1. The third kappa shape index (κ3) is 4.46. The number of anilines is 1. The number of nitrogens with zero attached hydrogens (tertiary/aromatic N) is 2. The van der Waals surface area contributed by atoms with E-state index in [2.05, 4.69) is 45.5 Å². The highest BCUT2D eigenvalue weighted by Crippen LogP contribution is 2.25. The Bertz CT molecular complexity index is 622. The average molecular weight is 330 g/mol. The lowest BCUT2D eigenvalue weighted by Gasteiger charge is -2.34. The SMILES string of the molecule is Cc1ccc(N2CCC(NCCc3ccncc3)CC2)cc1Cl. The van der Waals surface area contributed by atoms with Gasteiger partial charge in [-0.2, -0.15) is 0 Å². The Morgan fingerprint density at radius 2 is 1.91 bits per heavy atom. The summed E-state index contributed by atoms with van der Waals surface area (Å²) in [6, 6.07) is 11.2. The van der Waals surface area contributed by atoms with Crippen LogP contribution in [0.25, 0.3) is 0 Å². The summed E-state index contributed by atoms with van der Waals surface area (Å²) in [6.07, 6.45) is 7.15. The molecule has 1 aliphatic rings. The van der Waals surface area contributed by atoms with E-state index in [-0.39, 0.29) is 0 Å². The molecule has 0 bridgehead atoms. The van der Waals surface area contributed by atoms with Crippen molar-refractivity contribution >= 4 is 17.3 Å². The largest absolute Gasteiger partial charge is 0.371 e. The molecule has 1 aromatic heterocycles. The third-order valence-electron chi connectivity index (χ3n) is 4.61. The Labute approximate surface area is 143 Å². The van der Waals surface area contributed by atoms with Crippen LogP contribution >= 0.6 is 11.6 Å². The first-order valence-electron chi connectivity index (χ1n) is 8.36. The van der Waals surface area contributed by atoms with Gasteiger partial charge in [-0.25, -0.2) is 0 Å². The number of benzene rings is 1. The van der Waals surface area contributed by atoms with Crippen LogP contribution in [0.2, 0.25) is 5.02 Å². The van der Waals surface area contributed by atoms with E-state index < -0.39 is 0 Å². The highest BCUT2D eigenvalue weighted by molar-refractivity contribution is 6.31. The third-order valence-corrected chi connectivity index (χ3v) is 5.02. The van der Waals surface area contributed by atoms with Gasteiger partial charge in [0, 0.05) is 42.2 Å². The van der Waals surface area contributed by atoms with Gasteiger partial charge in [-0.15, -0.1) is 0 Å². The Morgan fingerprint density at radius 1 is 1.17 bits per heavy atom. The van der Waals surface area contributed by atoms with Gasteiger partial charge in [0.25, 0.3) is 0 Å². The molecule has 0 atom stereocenters. The van der Waals surface area contributed by atoms with Crippen molar-refractivity contribution < 1.29 is 0 Å². The van der Waals surface area contributed by atoms with Gasteiger partial charge in [-0.1, -0.05) is 17.7 Å². The summed E-state index contributed by atoms with van der Waals surface area (Å²) in [5.74, 6) is 0. The number of aromatic nitrogens is 1. The molecule has 1 fully saturated rings. The fraction of sp³-hybridized carbons (Fsp3) is 0.421. The standard InChI is InChI=1S/C19H24ClN3/c1-15-2-3-18(14-19(15)20)23-12-7-17(8-13-23)22-11-6-16-4-9-21-10-5-16/h2-5,9-10,14,17,22H,6-8,11-13H2,1H3. The quantitative estimate of drug-likeness (QED) is 0.903. The van der Waals surface area contributed by atoms with Gasteiger partial charge in [0.15, 0.2) is 0 Å². The van der Waals surface area contributed by atoms with Gasteiger partial charge < -0.3 is 10.2 Å². The van der Waals surface area contributed by atoms with E-state index in [4.69, 9.17) is 11.6 Å². The predicted octanol–water partition coefficient (Wildman–Crippen LogP) is 3.84. The molecule has 23 heavy (non-hydrogen) atoms. The second kappa shape index (κ2) is 7.80. The van der Waals surface area contributed by atoms with Crippen LogP contribution in [0.3, 0.4) is 0 Å². The number of halogens is 1. The van der Waals surface area contributed by atoms with Crippen molar-refractivity contribution in [3.63, 3.8) is 0 Å². The highest BCUT2D eigenvalue weighted by atomic mass is 35.5. The van der Waals surface area contributed by atoms with Crippen LogP contribution in [0, 0.1) is 6.92 Å². The number of aryl methyl sites for hydroxylation is 1. The minimum atomic E-state index is 0.619. The molecule has 1 aliphatic heterocycles. The normalized spacial score (nSPS) is 15.8. The number of nitrogens with one attached hydrogen (secondary N) is 1. The maximum atomic E-state index is 6.25. The minimum Gasteiger partial charge on any atom is -0.371 e. The van der Waals surface area contributed by atoms with E-state index >= 15 is 0 Å². The molecule has 1 aromatic carbocycles. The molecule has 0 radical (unpaired) electrons. The van der Waals surface area contributed by atoms with E-state index in [0.29, 0.717) is 6.04 Å². The van der Waals surface area contributed by atoms with Crippen molar-refractivity contribution in [2.45, 2.75) is 32.2 Å². The Morgan fingerprint density at radius 3 is 2.61 bits per heavy atom. The van der Waals surface area contributed by atoms with Crippen LogP contribution < -0.4 is 10.2 Å². The van der Waals surface area contributed by atoms with E-state index in [1.807, 2.05) is 19.3 Å². The molecule has 0 amide bonds. The van der Waals surface area contributed by atoms with Crippen LogP contribution in [-0.2, 0) is 6.42 Å². The molecular weight excluding hydrogens is 306 g/mol. The van der Waals surface area contributed by atoms with Crippen LogP contribution in [0.4, 0.5) is 5.69 Å². The van der Waals surface area contributed by atoms with Crippen molar-refractivity contribution in [1.82, 2.24) is 10.3 Å². The second-order valence-corrected chi connectivity index (χ2v) is 6.66. The molecule has 1 saturated heterocycles. The number of hydrogen-bond acceptors (Lipinski definition) is 3. The summed E-state index contributed by atoms with van der Waals surface area (Å²) in [7, 11) is 0. The molecular formula is C19H24ClN3. The van der Waals surface area contributed by atoms with E-state index in [0.717, 1.165) is 36.6 Å². The van der Waals surface area contributed by atoms with Crippen LogP contribution in [0.1, 0.15) is 24.0 Å². The van der Waals surface area contributed by atoms with Crippen LogP contribution in [-0.4, -0.2) is 30.7 Å². The molecule has 1 N–H and O–H groups in total. The van der Waals surface area contributed by atoms with Gasteiger partial charge in [0.2, 0.25) is 0 Å². The highest BCUT2D eigenvalue weighted by Gasteiger charge is 2.19. The Hall–Kier alpha value is -1.58. The minimum absolute atomic E-state index is 0.619. The Kier molecular flexibility index (Phi) is 5.52. The fourth-order valence-electron chi connectivity index (χ4n) is 3.09. The number of hydrogen-bond donors (Lipinski definition) is 1. The molecule has 2 aromatic rings. The van der Waals surface area contributed by atoms with E-state index in [1.165, 1.54) is 24.1 Å². The summed E-state index contributed by atoms with van der Waals surface area (Å²) in [5.41, 5.74) is 3.73. The molecule has 0 spiro atoms. The van der Waals surface area contributed by atoms with Gasteiger partial charge in [0.05, 0.1) is 0 Å². The first-order valence-corrected chi connectivity index (χ1v) is 8.73. The van der Waals surface area contributed by atoms with Gasteiger partial charge >= 0.3 is 0 Å². The molecule has 0 aliphatic carbocycles. The summed E-state index contributed by atoms with van der Waals surface area (Å²) in [5, 5.41) is 4.55. The van der Waals surface area contributed by atoms with Crippen molar-refractivity contribution in [3.8, 4) is 0 Å². The lowest BCUT2D eigenvalue weighted by molar-refractivity contribution is 0.417. The fourth-order valence-corrected chi connectivity index (χ4v) is 3.27. The van der Waals surface area contributed by atoms with Crippen molar-refractivity contribution in [2.24, 2.45) is 0 Å². The summed E-state index contributed by atoms with van der Waals surface area (Å²) >= 11 is 6.25. The van der Waals surface area contributed by atoms with Crippen molar-refractivity contribution in [2.75, 3.05) is 24.5 Å². The zero-order valence-electron chi connectivity index (χ0n) is 13.6. The molecule has 2 heterocycles. The molecule has 3 rings (SSSR count). The van der Waals surface area contributed by atoms with Gasteiger partial charge in [-0.05, 0) is 68.1 Å². The Balaban J connectivity index is 1.44. The predicted molar refractivity (Wildman–Crippen MR) is 97.4 cm³/mol. The molecule has 3 nitrogen and oxygen atoms in total. The van der Waals surface area contributed by atoms with Crippen LogP contribution in [0.5, 0.6) is 0 Å². The topological polar surface area (TPSA) is 28.2 Å². The smallest absolute Gasteiger partial charge is 0.0455 e. The number of pyridine rings is 1. The van der Waals surface area contributed by atoms with Crippen LogP contribution in [0.15, 0.2) is 42.7 Å². The van der Waals surface area contributed by atoms with E-state index in [1.54, 1.807) is 0 Å². The molecule has 0 unspecified atom stereocenters. The summed E-state index contributed by atoms with van der Waals surface area (Å²) in [4.78, 5) is 6.49. The van der Waals surface area contributed by atoms with Crippen molar-refractivity contribution in [3.05, 3.63) is 58.9 Å². The lowest BCUT2D eigenvalue weighted by atomic mass is 10.0. The molecule has 122 valence electrons. The van der Waals surface area contributed by atoms with Gasteiger partial charge in [-0.3, -0.25) is 4.98 Å². The first kappa shape index (κ1) is 16.3.